The van der Waals surface area contributed by atoms with Crippen LogP contribution in [0.15, 0.2) is 18.3 Å². The summed E-state index contributed by atoms with van der Waals surface area (Å²) in [5, 5.41) is 16.5. The number of rotatable bonds is 4. The zero-order valence-corrected chi connectivity index (χ0v) is 13.3. The van der Waals surface area contributed by atoms with Crippen molar-refractivity contribution >= 4 is 11.9 Å². The van der Waals surface area contributed by atoms with Crippen LogP contribution < -0.4 is 4.74 Å². The van der Waals surface area contributed by atoms with Gasteiger partial charge in [-0.25, -0.2) is 0 Å². The highest BCUT2D eigenvalue weighted by molar-refractivity contribution is 5.70. The average molecular weight is 326 g/mol. The fourth-order valence-electron chi connectivity index (χ4n) is 2.11. The summed E-state index contributed by atoms with van der Waals surface area (Å²) < 4.78 is 10.6. The van der Waals surface area contributed by atoms with Crippen LogP contribution >= 0.6 is 0 Å². The van der Waals surface area contributed by atoms with Crippen molar-refractivity contribution in [2.75, 3.05) is 33.4 Å². The Morgan fingerprint density at radius 2 is 2.17 bits per heavy atom. The van der Waals surface area contributed by atoms with Crippen LogP contribution in [0.5, 0.6) is 5.75 Å². The Labute approximate surface area is 134 Å². The maximum Gasteiger partial charge on any atom is 0.310 e. The zero-order chi connectivity index (χ0) is 17.2. The number of nitrogens with zero attached hydrogens (tertiary/aromatic N) is 2. The van der Waals surface area contributed by atoms with Crippen molar-refractivity contribution in [3.63, 3.8) is 0 Å². The Morgan fingerprint density at radius 3 is 2.78 bits per heavy atom. The molecule has 1 aromatic heterocycles. The average Bonchev–Trinajstić information content (AvgIpc) is 2.73. The molecule has 2 heterocycles. The van der Waals surface area contributed by atoms with Crippen molar-refractivity contribution < 1.29 is 29.3 Å². The predicted octanol–water partition coefficient (Wildman–Crippen LogP) is 0.714. The van der Waals surface area contributed by atoms with Crippen LogP contribution in [-0.4, -0.2) is 65.4 Å². The Morgan fingerprint density at radius 1 is 1.48 bits per heavy atom. The molecule has 0 aromatic carbocycles. The lowest BCUT2D eigenvalue weighted by Gasteiger charge is -2.21. The van der Waals surface area contributed by atoms with Crippen molar-refractivity contribution in [1.29, 1.82) is 0 Å². The largest absolute Gasteiger partial charge is 0.495 e. The summed E-state index contributed by atoms with van der Waals surface area (Å²) in [6, 6.07) is 3.67. The first-order valence-electron chi connectivity index (χ1n) is 7.14. The van der Waals surface area contributed by atoms with Gasteiger partial charge >= 0.3 is 5.97 Å². The predicted molar refractivity (Wildman–Crippen MR) is 81.3 cm³/mol. The van der Waals surface area contributed by atoms with Gasteiger partial charge in [0.2, 0.25) is 0 Å². The third-order valence-corrected chi connectivity index (χ3v) is 3.14. The van der Waals surface area contributed by atoms with Crippen LogP contribution in [0.1, 0.15) is 12.6 Å². The maximum absolute atomic E-state index is 11.1. The number of aromatic nitrogens is 1. The van der Waals surface area contributed by atoms with Crippen molar-refractivity contribution in [1.82, 2.24) is 9.88 Å². The molecule has 0 spiro atoms. The topological polar surface area (TPSA) is 109 Å². The number of carboxylic acids is 2. The molecule has 128 valence electrons. The highest BCUT2D eigenvalue weighted by Gasteiger charge is 2.25. The first kappa shape index (κ1) is 18.9. The van der Waals surface area contributed by atoms with Gasteiger partial charge in [0.25, 0.3) is 5.97 Å². The van der Waals surface area contributed by atoms with Crippen molar-refractivity contribution in [2.45, 2.75) is 13.5 Å². The summed E-state index contributed by atoms with van der Waals surface area (Å²) >= 11 is 0. The van der Waals surface area contributed by atoms with E-state index in [0.717, 1.165) is 18.4 Å². The van der Waals surface area contributed by atoms with Crippen molar-refractivity contribution in [2.24, 2.45) is 5.92 Å². The van der Waals surface area contributed by atoms with E-state index in [-0.39, 0.29) is 6.61 Å². The number of aliphatic carboxylic acids is 2. The highest BCUT2D eigenvalue weighted by atomic mass is 16.5. The third-order valence-electron chi connectivity index (χ3n) is 3.14. The molecule has 0 saturated carbocycles. The molecule has 23 heavy (non-hydrogen) atoms. The Bertz CT molecular complexity index is 518. The van der Waals surface area contributed by atoms with Gasteiger partial charge in [-0.15, -0.1) is 0 Å². The molecule has 0 bridgehead atoms. The monoisotopic (exact) mass is 326 g/mol. The number of hydrogen-bond donors (Lipinski definition) is 2. The summed E-state index contributed by atoms with van der Waals surface area (Å²) in [7, 11) is 1.60. The van der Waals surface area contributed by atoms with Crippen molar-refractivity contribution in [3.05, 3.63) is 24.0 Å². The van der Waals surface area contributed by atoms with E-state index >= 15 is 0 Å². The SMILES string of the molecule is CC(=O)O.COc1cccnc1CN1CCOCC(C(=O)O)C1. The van der Waals surface area contributed by atoms with Crippen molar-refractivity contribution in [3.8, 4) is 5.75 Å². The molecule has 1 aromatic rings. The Kier molecular flexibility index (Phi) is 8.00. The molecule has 1 aliphatic heterocycles. The number of ether oxygens (including phenoxy) is 2. The van der Waals surface area contributed by atoms with Crippen LogP contribution in [0.4, 0.5) is 0 Å². The van der Waals surface area contributed by atoms with E-state index in [1.807, 2.05) is 17.0 Å². The first-order chi connectivity index (χ1) is 10.9. The second-order valence-electron chi connectivity index (χ2n) is 5.02. The number of hydrogen-bond acceptors (Lipinski definition) is 6. The minimum Gasteiger partial charge on any atom is -0.495 e. The minimum atomic E-state index is -0.833. The normalized spacial score (nSPS) is 18.3. The molecule has 2 rings (SSSR count). The first-order valence-corrected chi connectivity index (χ1v) is 7.14. The van der Waals surface area contributed by atoms with Crippen LogP contribution in [0.25, 0.3) is 0 Å². The summed E-state index contributed by atoms with van der Waals surface area (Å²) in [5.41, 5.74) is 0.816. The summed E-state index contributed by atoms with van der Waals surface area (Å²) in [6.07, 6.45) is 1.71. The molecular weight excluding hydrogens is 304 g/mol. The standard InChI is InChI=1S/C13H18N2O4.C2H4O2/c1-18-12-3-2-4-14-11(12)8-15-5-6-19-9-10(7-15)13(16)17;1-2(3)4/h2-4,10H,5-9H2,1H3,(H,16,17);1H3,(H,3,4). The van der Waals surface area contributed by atoms with Gasteiger partial charge in [0, 0.05) is 32.8 Å². The summed E-state index contributed by atoms with van der Waals surface area (Å²) in [6.45, 7) is 3.62. The van der Waals surface area contributed by atoms with Crippen LogP contribution in [0.3, 0.4) is 0 Å². The number of carboxylic acid groups (broad SMARTS) is 2. The van der Waals surface area contributed by atoms with E-state index in [1.54, 1.807) is 13.3 Å². The van der Waals surface area contributed by atoms with Gasteiger partial charge in [-0.1, -0.05) is 0 Å². The molecule has 0 amide bonds. The fourth-order valence-corrected chi connectivity index (χ4v) is 2.11. The molecule has 1 aliphatic rings. The molecule has 1 saturated heterocycles. The van der Waals surface area contributed by atoms with Gasteiger partial charge in [-0.2, -0.15) is 0 Å². The lowest BCUT2D eigenvalue weighted by atomic mass is 10.1. The van der Waals surface area contributed by atoms with E-state index in [4.69, 9.17) is 24.5 Å². The molecule has 0 radical (unpaired) electrons. The third kappa shape index (κ3) is 7.07. The van der Waals surface area contributed by atoms with Crippen LogP contribution in [0, 0.1) is 5.92 Å². The molecule has 1 unspecified atom stereocenters. The zero-order valence-electron chi connectivity index (χ0n) is 13.3. The van der Waals surface area contributed by atoms with Gasteiger partial charge < -0.3 is 19.7 Å². The highest BCUT2D eigenvalue weighted by Crippen LogP contribution is 2.18. The molecule has 8 nitrogen and oxygen atoms in total. The molecular formula is C15H22N2O6. The van der Waals surface area contributed by atoms with Gasteiger partial charge in [0.15, 0.2) is 0 Å². The van der Waals surface area contributed by atoms with E-state index in [2.05, 4.69) is 4.98 Å². The smallest absolute Gasteiger partial charge is 0.310 e. The van der Waals surface area contributed by atoms with Gasteiger partial charge in [0.1, 0.15) is 5.75 Å². The van der Waals surface area contributed by atoms with Gasteiger partial charge in [0.05, 0.1) is 31.9 Å². The Hall–Kier alpha value is -2.19. The van der Waals surface area contributed by atoms with E-state index in [9.17, 15) is 4.79 Å². The molecule has 8 heteroatoms. The van der Waals surface area contributed by atoms with Gasteiger partial charge in [-0.3, -0.25) is 19.5 Å². The molecule has 0 aliphatic carbocycles. The number of methoxy groups -OCH3 is 1. The Balaban J connectivity index is 0.000000593. The minimum absolute atomic E-state index is 0.269. The van der Waals surface area contributed by atoms with Crippen LogP contribution in [0.2, 0.25) is 0 Å². The van der Waals surface area contributed by atoms with Gasteiger partial charge in [-0.05, 0) is 12.1 Å². The van der Waals surface area contributed by atoms with E-state index in [0.29, 0.717) is 26.2 Å². The summed E-state index contributed by atoms with van der Waals surface area (Å²) in [5.74, 6) is -1.42. The lowest BCUT2D eigenvalue weighted by Crippen LogP contribution is -2.33. The second-order valence-corrected chi connectivity index (χ2v) is 5.02. The van der Waals surface area contributed by atoms with E-state index < -0.39 is 17.9 Å². The molecule has 1 atom stereocenters. The second kappa shape index (κ2) is 9.75. The fraction of sp³-hybridized carbons (Fsp3) is 0.533. The maximum atomic E-state index is 11.1. The molecule has 2 N–H and O–H groups in total. The summed E-state index contributed by atoms with van der Waals surface area (Å²) in [4.78, 5) is 26.4. The number of pyridine rings is 1. The quantitative estimate of drug-likeness (QED) is 0.833. The lowest BCUT2D eigenvalue weighted by molar-refractivity contribution is -0.143. The number of carbonyl (C=O) groups is 2. The van der Waals surface area contributed by atoms with E-state index in [1.165, 1.54) is 0 Å². The van der Waals surface area contributed by atoms with Crippen LogP contribution in [-0.2, 0) is 20.9 Å². The molecule has 1 fully saturated rings.